The summed E-state index contributed by atoms with van der Waals surface area (Å²) >= 11 is 8.17. The largest absolute Gasteiger partial charge is 1.00 e. The number of nitrogens with one attached hydrogen (secondary N) is 1. The van der Waals surface area contributed by atoms with Crippen molar-refractivity contribution in [1.82, 2.24) is 5.32 Å². The van der Waals surface area contributed by atoms with E-state index in [1.165, 1.54) is 30.6 Å². The van der Waals surface area contributed by atoms with Crippen LogP contribution < -0.4 is 34.9 Å². The van der Waals surface area contributed by atoms with Gasteiger partial charge < -0.3 is 30.2 Å². The Labute approximate surface area is 89.7 Å². The molecule has 0 radical (unpaired) electrons. The summed E-state index contributed by atoms with van der Waals surface area (Å²) in [6, 6.07) is 0. The van der Waals surface area contributed by atoms with E-state index in [0.717, 1.165) is 0 Å². The van der Waals surface area contributed by atoms with Gasteiger partial charge in [-0.25, -0.2) is 0 Å². The smallest absolute Gasteiger partial charge is 0.436 e. The van der Waals surface area contributed by atoms with Gasteiger partial charge in [-0.1, -0.05) is 0 Å². The van der Waals surface area contributed by atoms with Crippen molar-refractivity contribution < 1.29 is 29.6 Å². The normalized spacial score (nSPS) is 14.7. The van der Waals surface area contributed by atoms with Crippen molar-refractivity contribution in [2.24, 2.45) is 0 Å². The molecule has 0 aromatic rings. The van der Waals surface area contributed by atoms with Gasteiger partial charge in [0.1, 0.15) is 0 Å². The van der Waals surface area contributed by atoms with Crippen LogP contribution >= 0.6 is 12.2 Å². The molecule has 0 unspecified atom stereocenters. The first-order chi connectivity index (χ1) is 3.91. The first-order valence-corrected chi connectivity index (χ1v) is 3.62. The third-order valence-corrected chi connectivity index (χ3v) is 0.957. The Kier molecular flexibility index (Phi) is 17.2. The Morgan fingerprint density at radius 2 is 1.67 bits per heavy atom. The van der Waals surface area contributed by atoms with E-state index in [2.05, 4.69) is 30.2 Å². The average molecular weight is 171 g/mol. The van der Waals surface area contributed by atoms with Gasteiger partial charge in [-0.05, 0) is 25.9 Å². The van der Waals surface area contributed by atoms with Gasteiger partial charge in [0.15, 0.2) is 0 Å². The summed E-state index contributed by atoms with van der Waals surface area (Å²) < 4.78 is 1.17. The number of rotatable bonds is 0. The third-order valence-electron chi connectivity index (χ3n) is 0.957. The zero-order valence-corrected chi connectivity index (χ0v) is 9.36. The van der Waals surface area contributed by atoms with Gasteiger partial charge >= 0.3 is 29.6 Å². The quantitative estimate of drug-likeness (QED) is 0.254. The van der Waals surface area contributed by atoms with Crippen LogP contribution in [-0.4, -0.2) is 17.8 Å². The molecule has 1 heterocycles. The van der Waals surface area contributed by atoms with E-state index in [1.807, 2.05) is 0 Å². The van der Waals surface area contributed by atoms with Crippen molar-refractivity contribution >= 4 is 29.5 Å². The second kappa shape index (κ2) is 12.0. The van der Waals surface area contributed by atoms with Crippen molar-refractivity contribution in [3.8, 4) is 0 Å². The minimum Gasteiger partial charge on any atom is -0.436 e. The number of hydrogen-bond donors (Lipinski definition) is 1. The van der Waals surface area contributed by atoms with Gasteiger partial charge in [0, 0.05) is 0 Å². The van der Waals surface area contributed by atoms with E-state index in [4.69, 9.17) is 0 Å². The van der Waals surface area contributed by atoms with Gasteiger partial charge in [0.2, 0.25) is 0 Å². The maximum absolute atomic E-state index is 4.08. The molecule has 0 aromatic carbocycles. The molecule has 0 atom stereocenters. The summed E-state index contributed by atoms with van der Waals surface area (Å²) in [4.78, 5) is 0. The van der Waals surface area contributed by atoms with Crippen LogP contribution in [0.2, 0.25) is 0 Å². The molecule has 9 heavy (non-hydrogen) atoms. The van der Waals surface area contributed by atoms with Crippen LogP contribution in [0.3, 0.4) is 0 Å². The van der Waals surface area contributed by atoms with Crippen molar-refractivity contribution in [2.45, 2.75) is 12.8 Å². The number of hydrogen-bond acceptors (Lipinski definition) is 3. The molecule has 0 bridgehead atoms. The molecule has 1 saturated heterocycles. The SMILES string of the molecule is C1CCNC1.S=C[S-].[Na+]. The fraction of sp³-hybridized carbons (Fsp3) is 0.800. The van der Waals surface area contributed by atoms with E-state index in [-0.39, 0.29) is 29.6 Å². The third kappa shape index (κ3) is 12.5. The van der Waals surface area contributed by atoms with Crippen molar-refractivity contribution in [3.05, 3.63) is 0 Å². The molecule has 0 aliphatic carbocycles. The van der Waals surface area contributed by atoms with Gasteiger partial charge in [0.05, 0.1) is 0 Å². The van der Waals surface area contributed by atoms with Gasteiger partial charge in [-0.15, -0.1) is 0 Å². The standard InChI is InChI=1S/C4H9N.CH2S2.Na/c1-2-4-5-3-1;2-1-3;/h5H,1-4H2;1H,(H,2,3);/q;;+1/p-1. The van der Waals surface area contributed by atoms with Crippen LogP contribution in [0.4, 0.5) is 0 Å². The fourth-order valence-corrected chi connectivity index (χ4v) is 0.625. The molecule has 1 aliphatic rings. The van der Waals surface area contributed by atoms with E-state index in [1.54, 1.807) is 0 Å². The maximum Gasteiger partial charge on any atom is 1.00 e. The molecular formula is C5H10NNaS2. The van der Waals surface area contributed by atoms with Crippen molar-refractivity contribution in [2.75, 3.05) is 13.1 Å². The van der Waals surface area contributed by atoms with Gasteiger partial charge in [0.25, 0.3) is 0 Å². The minimum absolute atomic E-state index is 0. The molecule has 1 fully saturated rings. The second-order valence-corrected chi connectivity index (χ2v) is 2.32. The molecule has 0 amide bonds. The van der Waals surface area contributed by atoms with Gasteiger partial charge in [-0.3, -0.25) is 0 Å². The van der Waals surface area contributed by atoms with Crippen LogP contribution in [0.5, 0.6) is 0 Å². The predicted molar refractivity (Wildman–Crippen MR) is 43.1 cm³/mol. The van der Waals surface area contributed by atoms with Crippen molar-refractivity contribution in [1.29, 1.82) is 0 Å². The van der Waals surface area contributed by atoms with E-state index < -0.39 is 0 Å². The molecule has 1 aliphatic heterocycles. The van der Waals surface area contributed by atoms with Crippen LogP contribution in [-0.2, 0) is 12.6 Å². The van der Waals surface area contributed by atoms with Crippen LogP contribution in [0.1, 0.15) is 12.8 Å². The average Bonchev–Trinajstić information content (AvgIpc) is 2.17. The molecule has 0 saturated carbocycles. The topological polar surface area (TPSA) is 12.0 Å². The molecule has 48 valence electrons. The predicted octanol–water partition coefficient (Wildman–Crippen LogP) is -2.14. The molecule has 0 spiro atoms. The fourth-order valence-electron chi connectivity index (χ4n) is 0.625. The summed E-state index contributed by atoms with van der Waals surface area (Å²) in [5.74, 6) is 0. The summed E-state index contributed by atoms with van der Waals surface area (Å²) in [5, 5.41) is 3.22. The molecule has 1 rings (SSSR count). The molecule has 4 heteroatoms. The van der Waals surface area contributed by atoms with Crippen molar-refractivity contribution in [3.63, 3.8) is 0 Å². The van der Waals surface area contributed by atoms with E-state index >= 15 is 0 Å². The van der Waals surface area contributed by atoms with Crippen LogP contribution in [0.15, 0.2) is 0 Å². The van der Waals surface area contributed by atoms with E-state index in [9.17, 15) is 0 Å². The second-order valence-electron chi connectivity index (χ2n) is 1.55. The zero-order valence-electron chi connectivity index (χ0n) is 5.72. The van der Waals surface area contributed by atoms with Crippen LogP contribution in [0.25, 0.3) is 0 Å². The molecule has 0 aromatic heterocycles. The Balaban J connectivity index is 0. The Bertz CT molecular complexity index is 49.3. The Morgan fingerprint density at radius 1 is 1.33 bits per heavy atom. The first-order valence-electron chi connectivity index (χ1n) is 2.68. The van der Waals surface area contributed by atoms with Gasteiger partial charge in [-0.2, -0.15) is 4.70 Å². The molecule has 1 N–H and O–H groups in total. The van der Waals surface area contributed by atoms with E-state index in [0.29, 0.717) is 0 Å². The minimum atomic E-state index is 0. The first kappa shape index (κ1) is 12.9. The number of thiocarbonyl (C=S) groups is 1. The summed E-state index contributed by atoms with van der Waals surface area (Å²) in [7, 11) is 0. The maximum atomic E-state index is 4.08. The van der Waals surface area contributed by atoms with Crippen LogP contribution in [0, 0.1) is 0 Å². The molecular weight excluding hydrogens is 161 g/mol. The molecule has 1 nitrogen and oxygen atoms in total. The zero-order chi connectivity index (χ0) is 6.24. The summed E-state index contributed by atoms with van der Waals surface area (Å²) in [6.45, 7) is 2.50. The summed E-state index contributed by atoms with van der Waals surface area (Å²) in [5.41, 5.74) is 0. The Hall–Kier alpha value is 1.27. The summed E-state index contributed by atoms with van der Waals surface area (Å²) in [6.07, 6.45) is 2.78. The monoisotopic (exact) mass is 171 g/mol. The Morgan fingerprint density at radius 3 is 1.78 bits per heavy atom.